The number of ketones is 1. The Bertz CT molecular complexity index is 813. The van der Waals surface area contributed by atoms with E-state index in [1.165, 1.54) is 18.4 Å². The summed E-state index contributed by atoms with van der Waals surface area (Å²) in [6.45, 7) is 2.02. The molecule has 1 aliphatic carbocycles. The second-order valence-electron chi connectivity index (χ2n) is 6.75. The Morgan fingerprint density at radius 3 is 2.62 bits per heavy atom. The molecule has 1 aromatic rings. The Balaban J connectivity index is 1.93. The van der Waals surface area contributed by atoms with Gasteiger partial charge in [0.25, 0.3) is 0 Å². The quantitative estimate of drug-likeness (QED) is 0.684. The van der Waals surface area contributed by atoms with E-state index >= 15 is 0 Å². The van der Waals surface area contributed by atoms with Crippen LogP contribution in [-0.4, -0.2) is 16.2 Å². The maximum absolute atomic E-state index is 13.4. The summed E-state index contributed by atoms with van der Waals surface area (Å²) in [6.07, 6.45) is 15.0. The highest BCUT2D eigenvalue weighted by Crippen LogP contribution is 2.46. The maximum atomic E-state index is 13.4. The highest BCUT2D eigenvalue weighted by Gasteiger charge is 2.48. The molecule has 1 aromatic carbocycles. The minimum absolute atomic E-state index is 0.187. The van der Waals surface area contributed by atoms with Crippen molar-refractivity contribution in [1.82, 2.24) is 4.90 Å². The van der Waals surface area contributed by atoms with Crippen LogP contribution >= 0.6 is 15.9 Å². The minimum atomic E-state index is -0.606. The fourth-order valence-corrected chi connectivity index (χ4v) is 4.10. The Labute approximate surface area is 151 Å². The average molecular weight is 382 g/mol. The second-order valence-corrected chi connectivity index (χ2v) is 7.67. The third-order valence-corrected chi connectivity index (χ3v) is 5.69. The zero-order valence-corrected chi connectivity index (χ0v) is 15.3. The molecule has 0 aromatic heterocycles. The average Bonchev–Trinajstić information content (AvgIpc) is 2.85. The number of nitrogens with zero attached hydrogens (tertiary/aromatic N) is 1. The number of allylic oxidation sites excluding steroid dienone is 4. The summed E-state index contributed by atoms with van der Waals surface area (Å²) in [5.74, 6) is 0.187. The predicted octanol–water partition coefficient (Wildman–Crippen LogP) is 5.39. The monoisotopic (exact) mass is 381 g/mol. The molecule has 3 heteroatoms. The molecule has 24 heavy (non-hydrogen) atoms. The van der Waals surface area contributed by atoms with Crippen molar-refractivity contribution in [2.45, 2.75) is 38.1 Å². The Morgan fingerprint density at radius 1 is 1.12 bits per heavy atom. The van der Waals surface area contributed by atoms with Crippen LogP contribution in [0.4, 0.5) is 0 Å². The van der Waals surface area contributed by atoms with Gasteiger partial charge in [0, 0.05) is 10.7 Å². The van der Waals surface area contributed by atoms with E-state index in [0.29, 0.717) is 0 Å². The van der Waals surface area contributed by atoms with Crippen molar-refractivity contribution in [2.24, 2.45) is 0 Å². The summed E-state index contributed by atoms with van der Waals surface area (Å²) in [4.78, 5) is 15.5. The standard InChI is InChI=1S/C21H20BrNO/c1-21-13-5-6-14-23(21)19(16-7-3-2-4-8-16)18(20(21)24)15-9-11-17(22)12-10-15/h5-7,9-14H,2-4,8H2,1H3. The molecule has 0 bridgehead atoms. The number of carbonyl (C=O) groups is 1. The Hall–Kier alpha value is -1.87. The van der Waals surface area contributed by atoms with Gasteiger partial charge in [0.05, 0.1) is 11.3 Å². The van der Waals surface area contributed by atoms with Gasteiger partial charge in [-0.05, 0) is 62.0 Å². The van der Waals surface area contributed by atoms with Crippen molar-refractivity contribution in [2.75, 3.05) is 0 Å². The van der Waals surface area contributed by atoms with E-state index in [9.17, 15) is 4.79 Å². The summed E-state index contributed by atoms with van der Waals surface area (Å²) < 4.78 is 1.03. The summed E-state index contributed by atoms with van der Waals surface area (Å²) in [7, 11) is 0. The van der Waals surface area contributed by atoms with Gasteiger partial charge in [-0.15, -0.1) is 0 Å². The molecule has 2 heterocycles. The lowest BCUT2D eigenvalue weighted by Gasteiger charge is -2.35. The lowest BCUT2D eigenvalue weighted by atomic mass is 9.89. The largest absolute Gasteiger partial charge is 0.330 e. The van der Waals surface area contributed by atoms with Crippen LogP contribution < -0.4 is 0 Å². The first-order valence-corrected chi connectivity index (χ1v) is 9.30. The van der Waals surface area contributed by atoms with E-state index in [0.717, 1.165) is 34.1 Å². The molecule has 1 atom stereocenters. The van der Waals surface area contributed by atoms with Crippen molar-refractivity contribution in [3.8, 4) is 0 Å². The zero-order chi connectivity index (χ0) is 16.7. The van der Waals surface area contributed by atoms with E-state index in [1.54, 1.807) is 0 Å². The van der Waals surface area contributed by atoms with E-state index in [2.05, 4.69) is 33.1 Å². The topological polar surface area (TPSA) is 20.3 Å². The first kappa shape index (κ1) is 15.6. The Morgan fingerprint density at radius 2 is 1.92 bits per heavy atom. The SMILES string of the molecule is CC12C=CC=CN1C(C1=CCCCC1)=C(c1ccc(Br)cc1)C2=O. The van der Waals surface area contributed by atoms with Crippen LogP contribution in [0.3, 0.4) is 0 Å². The molecule has 0 amide bonds. The Kier molecular flexibility index (Phi) is 3.84. The van der Waals surface area contributed by atoms with Crippen molar-refractivity contribution in [1.29, 1.82) is 0 Å². The lowest BCUT2D eigenvalue weighted by molar-refractivity contribution is -0.118. The molecule has 0 spiro atoms. The molecule has 0 radical (unpaired) electrons. The number of hydrogen-bond donors (Lipinski definition) is 0. The smallest absolute Gasteiger partial charge is 0.195 e. The predicted molar refractivity (Wildman–Crippen MR) is 101 cm³/mol. The molecular weight excluding hydrogens is 362 g/mol. The van der Waals surface area contributed by atoms with Gasteiger partial charge in [-0.1, -0.05) is 46.3 Å². The maximum Gasteiger partial charge on any atom is 0.195 e. The van der Waals surface area contributed by atoms with Gasteiger partial charge < -0.3 is 4.90 Å². The van der Waals surface area contributed by atoms with Crippen LogP contribution in [0.1, 0.15) is 38.2 Å². The third kappa shape index (κ3) is 2.34. The van der Waals surface area contributed by atoms with Crippen LogP contribution in [0, 0.1) is 0 Å². The van der Waals surface area contributed by atoms with Crippen LogP contribution in [0.5, 0.6) is 0 Å². The summed E-state index contributed by atoms with van der Waals surface area (Å²) in [5.41, 5.74) is 3.67. The highest BCUT2D eigenvalue weighted by molar-refractivity contribution is 9.10. The fourth-order valence-electron chi connectivity index (χ4n) is 3.84. The molecule has 1 unspecified atom stereocenters. The van der Waals surface area contributed by atoms with Crippen LogP contribution in [-0.2, 0) is 4.79 Å². The van der Waals surface area contributed by atoms with Crippen LogP contribution in [0.2, 0.25) is 0 Å². The molecule has 0 N–H and O–H groups in total. The van der Waals surface area contributed by atoms with E-state index in [-0.39, 0.29) is 5.78 Å². The van der Waals surface area contributed by atoms with Gasteiger partial charge in [0.2, 0.25) is 0 Å². The number of halogens is 1. The van der Waals surface area contributed by atoms with Gasteiger partial charge in [-0.3, -0.25) is 4.79 Å². The number of rotatable bonds is 2. The lowest BCUT2D eigenvalue weighted by Crippen LogP contribution is -2.43. The first-order valence-electron chi connectivity index (χ1n) is 8.51. The summed E-state index contributed by atoms with van der Waals surface area (Å²) >= 11 is 3.49. The number of benzene rings is 1. The van der Waals surface area contributed by atoms with E-state index in [1.807, 2.05) is 49.4 Å². The van der Waals surface area contributed by atoms with Crippen molar-refractivity contribution in [3.05, 3.63) is 76.1 Å². The van der Waals surface area contributed by atoms with Gasteiger partial charge in [0.15, 0.2) is 5.78 Å². The van der Waals surface area contributed by atoms with Gasteiger partial charge in [-0.25, -0.2) is 0 Å². The van der Waals surface area contributed by atoms with E-state index < -0.39 is 5.54 Å². The first-order chi connectivity index (χ1) is 11.6. The zero-order valence-electron chi connectivity index (χ0n) is 13.8. The molecule has 0 saturated heterocycles. The number of hydrogen-bond acceptors (Lipinski definition) is 2. The molecule has 4 rings (SSSR count). The second kappa shape index (κ2) is 5.89. The molecule has 0 fully saturated rings. The normalized spacial score (nSPS) is 26.0. The summed E-state index contributed by atoms with van der Waals surface area (Å²) in [5, 5.41) is 0. The number of carbonyl (C=O) groups excluding carboxylic acids is 1. The van der Waals surface area contributed by atoms with Crippen molar-refractivity contribution >= 4 is 27.3 Å². The minimum Gasteiger partial charge on any atom is -0.330 e. The van der Waals surface area contributed by atoms with Crippen LogP contribution in [0.25, 0.3) is 5.57 Å². The molecule has 2 aliphatic heterocycles. The molecule has 0 saturated carbocycles. The molecular formula is C21H20BrNO. The third-order valence-electron chi connectivity index (χ3n) is 5.16. The van der Waals surface area contributed by atoms with Gasteiger partial charge in [-0.2, -0.15) is 0 Å². The van der Waals surface area contributed by atoms with Crippen molar-refractivity contribution in [3.63, 3.8) is 0 Å². The van der Waals surface area contributed by atoms with Crippen molar-refractivity contribution < 1.29 is 4.79 Å². The van der Waals surface area contributed by atoms with Crippen LogP contribution in [0.15, 0.2) is 70.5 Å². The molecule has 122 valence electrons. The highest BCUT2D eigenvalue weighted by atomic mass is 79.9. The molecule has 2 nitrogen and oxygen atoms in total. The molecule has 3 aliphatic rings. The summed E-state index contributed by atoms with van der Waals surface area (Å²) in [6, 6.07) is 8.09. The van der Waals surface area contributed by atoms with Gasteiger partial charge >= 0.3 is 0 Å². The fraction of sp³-hybridized carbons (Fsp3) is 0.286. The van der Waals surface area contributed by atoms with E-state index in [4.69, 9.17) is 0 Å². The number of fused-ring (bicyclic) bond motifs is 1. The van der Waals surface area contributed by atoms with Gasteiger partial charge in [0.1, 0.15) is 5.54 Å². The number of Topliss-reactive ketones (excluding diaryl/α,β-unsaturated/α-hetero) is 1.